The van der Waals surface area contributed by atoms with E-state index in [-0.39, 0.29) is 5.78 Å². The van der Waals surface area contributed by atoms with Gasteiger partial charge in [-0.15, -0.1) is 6.42 Å². The number of para-hydroxylation sites is 1. The van der Waals surface area contributed by atoms with Crippen molar-refractivity contribution in [2.75, 3.05) is 13.2 Å². The third-order valence-electron chi connectivity index (χ3n) is 1.94. The second kappa shape index (κ2) is 3.43. The smallest absolute Gasteiger partial charge is 0.239 e. The minimum absolute atomic E-state index is 0.382. The van der Waals surface area contributed by atoms with Gasteiger partial charge in [-0.2, -0.15) is 0 Å². The van der Waals surface area contributed by atoms with E-state index in [1.807, 2.05) is 0 Å². The number of ketones is 1. The molecule has 0 saturated carbocycles. The molecule has 0 aliphatic carbocycles. The van der Waals surface area contributed by atoms with Gasteiger partial charge in [-0.3, -0.25) is 4.79 Å². The molecule has 1 aromatic carbocycles. The van der Waals surface area contributed by atoms with Gasteiger partial charge in [0.2, 0.25) is 5.78 Å². The third kappa shape index (κ3) is 1.31. The topological polar surface area (TPSA) is 35.5 Å². The van der Waals surface area contributed by atoms with Gasteiger partial charge in [0.1, 0.15) is 13.2 Å². The highest BCUT2D eigenvalue weighted by atomic mass is 16.6. The van der Waals surface area contributed by atoms with Gasteiger partial charge >= 0.3 is 0 Å². The molecule has 1 heterocycles. The number of carbonyl (C=O) groups is 1. The summed E-state index contributed by atoms with van der Waals surface area (Å²) in [6.45, 7) is 0.947. The molecule has 70 valence electrons. The van der Waals surface area contributed by atoms with Crippen molar-refractivity contribution in [3.63, 3.8) is 0 Å². The van der Waals surface area contributed by atoms with E-state index < -0.39 is 0 Å². The first-order chi connectivity index (χ1) is 6.83. The van der Waals surface area contributed by atoms with E-state index in [4.69, 9.17) is 15.9 Å². The Bertz CT molecular complexity index is 415. The molecular weight excluding hydrogens is 180 g/mol. The quantitative estimate of drug-likeness (QED) is 0.378. The minimum atomic E-state index is -0.382. The maximum Gasteiger partial charge on any atom is 0.239 e. The zero-order valence-corrected chi connectivity index (χ0v) is 7.45. The molecule has 3 nitrogen and oxygen atoms in total. The average Bonchev–Trinajstić information content (AvgIpc) is 2.27. The standard InChI is InChI=1S/C11H8O3/c1-2-9(12)8-4-3-5-10-11(8)14-7-6-13-10/h1,3-5H,6-7H2. The fourth-order valence-corrected chi connectivity index (χ4v) is 1.33. The Kier molecular flexibility index (Phi) is 2.11. The van der Waals surface area contributed by atoms with Gasteiger partial charge in [0.05, 0.1) is 5.56 Å². The van der Waals surface area contributed by atoms with Gasteiger partial charge in [-0.1, -0.05) is 6.07 Å². The number of Topliss-reactive ketones (excluding diaryl/α,β-unsaturated/α-hetero) is 1. The molecule has 0 N–H and O–H groups in total. The minimum Gasteiger partial charge on any atom is -0.486 e. The van der Waals surface area contributed by atoms with Gasteiger partial charge in [0.25, 0.3) is 0 Å². The molecule has 2 rings (SSSR count). The Morgan fingerprint density at radius 3 is 2.93 bits per heavy atom. The van der Waals surface area contributed by atoms with E-state index in [0.717, 1.165) is 0 Å². The first-order valence-electron chi connectivity index (χ1n) is 4.22. The van der Waals surface area contributed by atoms with E-state index in [9.17, 15) is 4.79 Å². The number of ether oxygens (including phenoxy) is 2. The summed E-state index contributed by atoms with van der Waals surface area (Å²) in [7, 11) is 0. The number of carbonyl (C=O) groups excluding carboxylic acids is 1. The zero-order valence-electron chi connectivity index (χ0n) is 7.45. The van der Waals surface area contributed by atoms with Crippen molar-refractivity contribution in [2.45, 2.75) is 0 Å². The van der Waals surface area contributed by atoms with Gasteiger partial charge in [0.15, 0.2) is 11.5 Å². The van der Waals surface area contributed by atoms with Gasteiger partial charge in [-0.25, -0.2) is 0 Å². The van der Waals surface area contributed by atoms with Crippen LogP contribution in [-0.4, -0.2) is 19.0 Å². The molecule has 0 radical (unpaired) electrons. The van der Waals surface area contributed by atoms with Crippen LogP contribution in [0.1, 0.15) is 10.4 Å². The summed E-state index contributed by atoms with van der Waals surface area (Å²) in [4.78, 5) is 11.3. The summed E-state index contributed by atoms with van der Waals surface area (Å²) in [6, 6.07) is 5.11. The lowest BCUT2D eigenvalue weighted by molar-refractivity contribution is 0.104. The predicted molar refractivity (Wildman–Crippen MR) is 50.6 cm³/mol. The number of terminal acetylenes is 1. The number of benzene rings is 1. The predicted octanol–water partition coefficient (Wildman–Crippen LogP) is 1.27. The second-order valence-corrected chi connectivity index (χ2v) is 2.80. The lowest BCUT2D eigenvalue weighted by Gasteiger charge is -2.19. The van der Waals surface area contributed by atoms with Crippen LogP contribution >= 0.6 is 0 Å². The van der Waals surface area contributed by atoms with Crippen LogP contribution in [0.5, 0.6) is 11.5 Å². The molecule has 14 heavy (non-hydrogen) atoms. The molecular formula is C11H8O3. The molecule has 0 spiro atoms. The fourth-order valence-electron chi connectivity index (χ4n) is 1.33. The lowest BCUT2D eigenvalue weighted by atomic mass is 10.1. The van der Waals surface area contributed by atoms with Gasteiger partial charge < -0.3 is 9.47 Å². The SMILES string of the molecule is C#CC(=O)c1cccc2c1OCCO2. The molecule has 0 bridgehead atoms. The fraction of sp³-hybridized carbons (Fsp3) is 0.182. The van der Waals surface area contributed by atoms with Crippen molar-refractivity contribution in [1.29, 1.82) is 0 Å². The average molecular weight is 188 g/mol. The van der Waals surface area contributed by atoms with E-state index >= 15 is 0 Å². The molecule has 1 aliphatic heterocycles. The molecule has 0 saturated heterocycles. The first-order valence-corrected chi connectivity index (χ1v) is 4.22. The summed E-state index contributed by atoms with van der Waals surface area (Å²) in [5.41, 5.74) is 0.393. The van der Waals surface area contributed by atoms with Crippen LogP contribution < -0.4 is 9.47 Å². The van der Waals surface area contributed by atoms with Crippen molar-refractivity contribution < 1.29 is 14.3 Å². The van der Waals surface area contributed by atoms with Crippen LogP contribution in [0, 0.1) is 12.3 Å². The van der Waals surface area contributed by atoms with Crippen LogP contribution in [0.15, 0.2) is 18.2 Å². The number of fused-ring (bicyclic) bond motifs is 1. The molecule has 0 amide bonds. The van der Waals surface area contributed by atoms with Crippen molar-refractivity contribution in [3.05, 3.63) is 23.8 Å². The van der Waals surface area contributed by atoms with E-state index in [2.05, 4.69) is 5.92 Å². The van der Waals surface area contributed by atoms with Crippen LogP contribution in [0.4, 0.5) is 0 Å². The van der Waals surface area contributed by atoms with E-state index in [0.29, 0.717) is 30.3 Å². The molecule has 0 aromatic heterocycles. The second-order valence-electron chi connectivity index (χ2n) is 2.80. The molecule has 1 aromatic rings. The van der Waals surface area contributed by atoms with Gasteiger partial charge in [-0.05, 0) is 18.1 Å². The van der Waals surface area contributed by atoms with Crippen LogP contribution in [0.3, 0.4) is 0 Å². The number of hydrogen-bond donors (Lipinski definition) is 0. The Labute approximate surface area is 81.6 Å². The number of hydrogen-bond acceptors (Lipinski definition) is 3. The molecule has 0 atom stereocenters. The Morgan fingerprint density at radius 2 is 2.14 bits per heavy atom. The maximum atomic E-state index is 11.3. The summed E-state index contributed by atoms with van der Waals surface area (Å²) in [6.07, 6.45) is 5.04. The summed E-state index contributed by atoms with van der Waals surface area (Å²) in [5.74, 6) is 2.72. The third-order valence-corrected chi connectivity index (χ3v) is 1.94. The normalized spacial score (nSPS) is 13.1. The van der Waals surface area contributed by atoms with Crippen LogP contribution in [-0.2, 0) is 0 Å². The molecule has 1 aliphatic rings. The zero-order chi connectivity index (χ0) is 9.97. The lowest BCUT2D eigenvalue weighted by Crippen LogP contribution is -2.17. The first kappa shape index (κ1) is 8.64. The highest BCUT2D eigenvalue weighted by Gasteiger charge is 2.18. The van der Waals surface area contributed by atoms with Crippen LogP contribution in [0.2, 0.25) is 0 Å². The van der Waals surface area contributed by atoms with Crippen molar-refractivity contribution >= 4 is 5.78 Å². The highest BCUT2D eigenvalue weighted by Crippen LogP contribution is 2.33. The Hall–Kier alpha value is -1.95. The monoisotopic (exact) mass is 188 g/mol. The Balaban J connectivity index is 2.51. The van der Waals surface area contributed by atoms with E-state index in [1.54, 1.807) is 18.2 Å². The summed E-state index contributed by atoms with van der Waals surface area (Å²) < 4.78 is 10.6. The molecule has 0 unspecified atom stereocenters. The maximum absolute atomic E-state index is 11.3. The van der Waals surface area contributed by atoms with E-state index in [1.165, 1.54) is 0 Å². The largest absolute Gasteiger partial charge is 0.486 e. The van der Waals surface area contributed by atoms with Crippen molar-refractivity contribution in [2.24, 2.45) is 0 Å². The van der Waals surface area contributed by atoms with Gasteiger partial charge in [0, 0.05) is 0 Å². The number of rotatable bonds is 1. The summed E-state index contributed by atoms with van der Waals surface area (Å²) in [5, 5.41) is 0. The Morgan fingerprint density at radius 1 is 1.36 bits per heavy atom. The summed E-state index contributed by atoms with van der Waals surface area (Å²) >= 11 is 0. The molecule has 0 fully saturated rings. The highest BCUT2D eigenvalue weighted by molar-refractivity contribution is 6.10. The van der Waals surface area contributed by atoms with Crippen LogP contribution in [0.25, 0.3) is 0 Å². The van der Waals surface area contributed by atoms with Crippen molar-refractivity contribution in [3.8, 4) is 23.8 Å². The van der Waals surface area contributed by atoms with Crippen molar-refractivity contribution in [1.82, 2.24) is 0 Å². The molecule has 3 heteroatoms.